The number of nitrogens with one attached hydrogen (secondary N) is 2. The molecule has 0 aliphatic carbocycles. The van der Waals surface area contributed by atoms with Gasteiger partial charge in [0.05, 0.1) is 6.10 Å². The van der Waals surface area contributed by atoms with Crippen molar-refractivity contribution in [1.29, 1.82) is 0 Å². The highest BCUT2D eigenvalue weighted by Crippen LogP contribution is 2.19. The van der Waals surface area contributed by atoms with Crippen LogP contribution in [-0.2, 0) is 17.8 Å². The average molecular weight is 365 g/mol. The number of aliphatic hydroxyl groups excluding tert-OH is 1. The van der Waals surface area contributed by atoms with Crippen LogP contribution in [0.1, 0.15) is 23.6 Å². The largest absolute Gasteiger partial charge is 0.390 e. The Kier molecular flexibility index (Phi) is 6.27. The lowest BCUT2D eigenvalue weighted by molar-refractivity contribution is -0.114. The molecule has 0 fully saturated rings. The average Bonchev–Trinajstić information content (AvgIpc) is 2.66. The van der Waals surface area contributed by atoms with Crippen molar-refractivity contribution in [2.24, 2.45) is 0 Å². The Morgan fingerprint density at radius 3 is 2.59 bits per heavy atom. The van der Waals surface area contributed by atoms with Gasteiger partial charge in [-0.25, -0.2) is 0 Å². The van der Waals surface area contributed by atoms with E-state index in [9.17, 15) is 9.90 Å². The van der Waals surface area contributed by atoms with E-state index in [-0.39, 0.29) is 5.91 Å². The van der Waals surface area contributed by atoms with Crippen LogP contribution in [0.4, 0.5) is 5.69 Å². The maximum atomic E-state index is 11.1. The molecule has 2 aromatic rings. The molecule has 3 N–H and O–H groups in total. The van der Waals surface area contributed by atoms with Crippen LogP contribution < -0.4 is 10.6 Å². The molecule has 5 nitrogen and oxygen atoms in total. The first-order valence-corrected chi connectivity index (χ1v) is 9.29. The topological polar surface area (TPSA) is 64.6 Å². The van der Waals surface area contributed by atoms with E-state index in [1.165, 1.54) is 18.1 Å². The van der Waals surface area contributed by atoms with Crippen molar-refractivity contribution in [2.45, 2.75) is 26.0 Å². The van der Waals surface area contributed by atoms with Gasteiger partial charge in [-0.3, -0.25) is 9.69 Å². The molecule has 0 saturated carbocycles. The van der Waals surface area contributed by atoms with Gasteiger partial charge in [0.15, 0.2) is 0 Å². The maximum Gasteiger partial charge on any atom is 0.221 e. The van der Waals surface area contributed by atoms with E-state index >= 15 is 0 Å². The van der Waals surface area contributed by atoms with Crippen molar-refractivity contribution in [1.82, 2.24) is 10.2 Å². The third-order valence-corrected chi connectivity index (χ3v) is 4.78. The Morgan fingerprint density at radius 2 is 1.89 bits per heavy atom. The second kappa shape index (κ2) is 8.84. The fraction of sp³-hybridized carbons (Fsp3) is 0.318. The van der Waals surface area contributed by atoms with Gasteiger partial charge in [0.25, 0.3) is 0 Å². The minimum absolute atomic E-state index is 0.0943. The molecule has 5 heteroatoms. The van der Waals surface area contributed by atoms with E-state index in [0.717, 1.165) is 36.5 Å². The van der Waals surface area contributed by atoms with E-state index in [1.54, 1.807) is 0 Å². The van der Waals surface area contributed by atoms with Crippen LogP contribution in [-0.4, -0.2) is 41.7 Å². The molecule has 1 aliphatic heterocycles. The quantitative estimate of drug-likeness (QED) is 0.706. The zero-order valence-corrected chi connectivity index (χ0v) is 15.7. The lowest BCUT2D eigenvalue weighted by atomic mass is 10.00. The van der Waals surface area contributed by atoms with E-state index in [0.29, 0.717) is 13.1 Å². The van der Waals surface area contributed by atoms with Crippen LogP contribution in [0, 0.1) is 0 Å². The smallest absolute Gasteiger partial charge is 0.221 e. The highest BCUT2D eigenvalue weighted by Gasteiger charge is 2.18. The molecule has 0 saturated heterocycles. The fourth-order valence-electron chi connectivity index (χ4n) is 3.37. The van der Waals surface area contributed by atoms with Gasteiger partial charge in [-0.05, 0) is 35.2 Å². The molecule has 0 spiro atoms. The third-order valence-electron chi connectivity index (χ3n) is 4.78. The molecule has 3 rings (SSSR count). The Labute approximate surface area is 160 Å². The van der Waals surface area contributed by atoms with Crippen LogP contribution in [0.2, 0.25) is 0 Å². The number of β-amino-alcohol motifs (C(OH)–C–C–N with tert-alkyl or cyclic N) is 1. The molecule has 27 heavy (non-hydrogen) atoms. The zero-order chi connectivity index (χ0) is 19.2. The van der Waals surface area contributed by atoms with E-state index in [2.05, 4.69) is 46.4 Å². The van der Waals surface area contributed by atoms with Crippen molar-refractivity contribution in [3.8, 4) is 0 Å². The van der Waals surface area contributed by atoms with E-state index in [1.807, 2.05) is 24.3 Å². The normalized spacial score (nSPS) is 14.9. The monoisotopic (exact) mass is 365 g/mol. The van der Waals surface area contributed by atoms with Crippen LogP contribution in [0.15, 0.2) is 55.1 Å². The summed E-state index contributed by atoms with van der Waals surface area (Å²) in [6.45, 7) is 8.47. The lowest BCUT2D eigenvalue weighted by Crippen LogP contribution is -2.40. The van der Waals surface area contributed by atoms with E-state index < -0.39 is 6.10 Å². The number of nitrogens with zero attached hydrogens (tertiary/aromatic N) is 1. The molecular formula is C22H27N3O2. The Balaban J connectivity index is 1.45. The van der Waals surface area contributed by atoms with Crippen molar-refractivity contribution >= 4 is 17.3 Å². The molecule has 1 heterocycles. The number of carbonyl (C=O) groups is 1. The van der Waals surface area contributed by atoms with Crippen molar-refractivity contribution in [3.63, 3.8) is 0 Å². The summed E-state index contributed by atoms with van der Waals surface area (Å²) in [6, 6.07) is 16.0. The summed E-state index contributed by atoms with van der Waals surface area (Å²) >= 11 is 0. The van der Waals surface area contributed by atoms with Gasteiger partial charge in [-0.2, -0.15) is 0 Å². The molecule has 142 valence electrons. The number of anilines is 1. The molecule has 0 aromatic heterocycles. The van der Waals surface area contributed by atoms with Gasteiger partial charge >= 0.3 is 0 Å². The minimum Gasteiger partial charge on any atom is -0.390 e. The predicted octanol–water partition coefficient (Wildman–Crippen LogP) is 2.62. The molecular weight excluding hydrogens is 338 g/mol. The molecule has 1 aliphatic rings. The number of aliphatic hydroxyl groups is 1. The fourth-order valence-corrected chi connectivity index (χ4v) is 3.37. The summed E-state index contributed by atoms with van der Waals surface area (Å²) in [5.74, 6) is -0.0943. The number of rotatable bonds is 7. The summed E-state index contributed by atoms with van der Waals surface area (Å²) in [4.78, 5) is 13.4. The van der Waals surface area contributed by atoms with Crippen molar-refractivity contribution < 1.29 is 9.90 Å². The minimum atomic E-state index is -0.467. The number of fused-ring (bicyclic) bond motifs is 1. The van der Waals surface area contributed by atoms with Crippen LogP contribution in [0.25, 0.3) is 5.70 Å². The van der Waals surface area contributed by atoms with Gasteiger partial charge < -0.3 is 15.7 Å². The summed E-state index contributed by atoms with van der Waals surface area (Å²) in [7, 11) is 0. The summed E-state index contributed by atoms with van der Waals surface area (Å²) in [6.07, 6.45) is 0.564. The zero-order valence-electron chi connectivity index (χ0n) is 15.7. The van der Waals surface area contributed by atoms with Gasteiger partial charge in [0, 0.05) is 44.5 Å². The summed E-state index contributed by atoms with van der Waals surface area (Å²) < 4.78 is 0. The Bertz CT molecular complexity index is 801. The second-order valence-corrected chi connectivity index (χ2v) is 7.03. The third kappa shape index (κ3) is 5.42. The molecule has 0 radical (unpaired) electrons. The number of benzene rings is 2. The molecule has 2 aromatic carbocycles. The maximum absolute atomic E-state index is 11.1. The van der Waals surface area contributed by atoms with Crippen LogP contribution in [0.3, 0.4) is 0 Å². The number of amides is 1. The van der Waals surface area contributed by atoms with Gasteiger partial charge in [-0.1, -0.05) is 43.0 Å². The number of hydrogen-bond acceptors (Lipinski definition) is 4. The molecule has 1 atom stereocenters. The first kappa shape index (κ1) is 19.1. The highest BCUT2D eigenvalue weighted by molar-refractivity contribution is 5.88. The van der Waals surface area contributed by atoms with E-state index in [4.69, 9.17) is 0 Å². The SMILES string of the molecule is C=C(NCC(O)CN1CCc2ccccc2C1)c1ccc(NC(C)=O)cc1. The van der Waals surface area contributed by atoms with Crippen LogP contribution >= 0.6 is 0 Å². The summed E-state index contributed by atoms with van der Waals surface area (Å²) in [5.41, 5.74) is 5.21. The standard InChI is InChI=1S/C22H27N3O2/c1-16(18-7-9-21(10-8-18)24-17(2)26)23-13-22(27)15-25-12-11-19-5-3-4-6-20(19)14-25/h3-10,22-23,27H,1,11-15H2,2H3,(H,24,26). The Morgan fingerprint density at radius 1 is 1.19 bits per heavy atom. The van der Waals surface area contributed by atoms with Crippen molar-refractivity contribution in [3.05, 3.63) is 71.8 Å². The summed E-state index contributed by atoms with van der Waals surface area (Å²) in [5, 5.41) is 16.3. The predicted molar refractivity (Wildman–Crippen MR) is 109 cm³/mol. The highest BCUT2D eigenvalue weighted by atomic mass is 16.3. The number of carbonyl (C=O) groups excluding carboxylic acids is 1. The van der Waals surface area contributed by atoms with Gasteiger partial charge in [0.2, 0.25) is 5.91 Å². The first-order valence-electron chi connectivity index (χ1n) is 9.29. The molecule has 1 unspecified atom stereocenters. The molecule has 0 bridgehead atoms. The van der Waals surface area contributed by atoms with Crippen LogP contribution in [0.5, 0.6) is 0 Å². The van der Waals surface area contributed by atoms with Crippen molar-refractivity contribution in [2.75, 3.05) is 25.0 Å². The second-order valence-electron chi connectivity index (χ2n) is 7.03. The lowest BCUT2D eigenvalue weighted by Gasteiger charge is -2.30. The Hall–Kier alpha value is -2.63. The van der Waals surface area contributed by atoms with Gasteiger partial charge in [-0.15, -0.1) is 0 Å². The number of hydrogen-bond donors (Lipinski definition) is 3. The first-order chi connectivity index (χ1) is 13.0. The molecule has 1 amide bonds. The van der Waals surface area contributed by atoms with Gasteiger partial charge in [0.1, 0.15) is 0 Å².